The zero-order valence-electron chi connectivity index (χ0n) is 24.9. The van der Waals surface area contributed by atoms with Crippen LogP contribution in [0.3, 0.4) is 0 Å². The van der Waals surface area contributed by atoms with Crippen molar-refractivity contribution in [2.75, 3.05) is 32.7 Å². The van der Waals surface area contributed by atoms with E-state index in [-0.39, 0.29) is 23.9 Å². The number of carbonyl (C=O) groups is 2. The maximum atomic E-state index is 14.1. The fraction of sp³-hybridized carbons (Fsp3) is 0.543. The molecule has 1 aliphatic carbocycles. The second kappa shape index (κ2) is 13.4. The van der Waals surface area contributed by atoms with Crippen molar-refractivity contribution in [2.24, 2.45) is 5.73 Å². The van der Waals surface area contributed by atoms with Gasteiger partial charge >= 0.3 is 0 Å². The molecule has 2 saturated heterocycles. The van der Waals surface area contributed by atoms with Gasteiger partial charge in [-0.3, -0.25) is 14.5 Å². The molecule has 3 N–H and O–H groups in total. The number of hydrogen-bond acceptors (Lipinski definition) is 5. The van der Waals surface area contributed by atoms with Crippen LogP contribution in [0.15, 0.2) is 48.0 Å². The van der Waals surface area contributed by atoms with Crippen LogP contribution in [0.25, 0.3) is 0 Å². The van der Waals surface area contributed by atoms with Gasteiger partial charge in [0.2, 0.25) is 0 Å². The second-order valence-corrected chi connectivity index (χ2v) is 12.7. The van der Waals surface area contributed by atoms with Gasteiger partial charge < -0.3 is 20.7 Å². The molecule has 2 fully saturated rings. The molecule has 3 aliphatic heterocycles. The van der Waals surface area contributed by atoms with Crippen LogP contribution in [0.1, 0.15) is 102 Å². The molecule has 6 rings (SSSR count). The average molecular weight is 571 g/mol. The lowest BCUT2D eigenvalue weighted by atomic mass is 9.90. The molecule has 2 amide bonds. The number of rotatable bonds is 5. The highest BCUT2D eigenvalue weighted by molar-refractivity contribution is 6.09. The van der Waals surface area contributed by atoms with Gasteiger partial charge in [0.1, 0.15) is 11.5 Å². The Balaban J connectivity index is 1.17. The van der Waals surface area contributed by atoms with Gasteiger partial charge in [-0.25, -0.2) is 0 Å². The van der Waals surface area contributed by atoms with Gasteiger partial charge in [-0.05, 0) is 75.1 Å². The lowest BCUT2D eigenvalue weighted by molar-refractivity contribution is 0.0707. The van der Waals surface area contributed by atoms with Crippen molar-refractivity contribution >= 4 is 11.8 Å². The van der Waals surface area contributed by atoms with Crippen LogP contribution < -0.4 is 15.8 Å². The minimum atomic E-state index is -0.163. The molecule has 2 aromatic rings. The Labute approximate surface area is 250 Å². The fourth-order valence-electron chi connectivity index (χ4n) is 7.03. The Bertz CT molecular complexity index is 1310. The number of hydrogen-bond donors (Lipinski definition) is 2. The highest BCUT2D eigenvalue weighted by Crippen LogP contribution is 2.39. The number of nitrogens with one attached hydrogen (secondary N) is 1. The molecule has 4 aliphatic rings. The van der Waals surface area contributed by atoms with Gasteiger partial charge in [-0.2, -0.15) is 0 Å². The zero-order valence-corrected chi connectivity index (χ0v) is 24.9. The summed E-state index contributed by atoms with van der Waals surface area (Å²) in [4.78, 5) is 32.3. The average Bonchev–Trinajstić information content (AvgIpc) is 3.14. The van der Waals surface area contributed by atoms with E-state index in [4.69, 9.17) is 10.5 Å². The van der Waals surface area contributed by atoms with E-state index in [0.717, 1.165) is 62.2 Å². The van der Waals surface area contributed by atoms with Crippen molar-refractivity contribution < 1.29 is 14.3 Å². The Kier molecular flexibility index (Phi) is 9.25. The van der Waals surface area contributed by atoms with Crippen LogP contribution in [0.4, 0.5) is 0 Å². The van der Waals surface area contributed by atoms with E-state index in [0.29, 0.717) is 36.4 Å². The number of allylic oxidation sites excluding steroid dienone is 1. The van der Waals surface area contributed by atoms with Gasteiger partial charge in [0, 0.05) is 56.8 Å². The Morgan fingerprint density at radius 1 is 0.881 bits per heavy atom. The topological polar surface area (TPSA) is 87.9 Å². The van der Waals surface area contributed by atoms with Gasteiger partial charge in [-0.15, -0.1) is 0 Å². The first-order chi connectivity index (χ1) is 20.5. The summed E-state index contributed by atoms with van der Waals surface area (Å²) >= 11 is 0. The monoisotopic (exact) mass is 570 g/mol. The molecular formula is C35H46N4O3. The third-order valence-corrected chi connectivity index (χ3v) is 9.60. The molecule has 0 saturated carbocycles. The molecule has 2 aromatic carbocycles. The molecule has 0 radical (unpaired) electrons. The molecular weight excluding hydrogens is 524 g/mol. The second-order valence-electron chi connectivity index (χ2n) is 12.7. The van der Waals surface area contributed by atoms with Crippen LogP contribution in [-0.2, 0) is 6.42 Å². The van der Waals surface area contributed by atoms with E-state index in [1.165, 1.54) is 44.9 Å². The van der Waals surface area contributed by atoms with Gasteiger partial charge in [0.05, 0.1) is 11.1 Å². The van der Waals surface area contributed by atoms with Crippen molar-refractivity contribution in [1.29, 1.82) is 0 Å². The number of ether oxygens (including phenoxy) is 1. The number of piperidine rings is 2. The van der Waals surface area contributed by atoms with Crippen molar-refractivity contribution in [3.63, 3.8) is 0 Å². The minimum Gasteiger partial charge on any atom is -0.457 e. The van der Waals surface area contributed by atoms with Crippen LogP contribution in [0.2, 0.25) is 0 Å². The van der Waals surface area contributed by atoms with Gasteiger partial charge in [0.25, 0.3) is 11.8 Å². The third-order valence-electron chi connectivity index (χ3n) is 9.60. The maximum Gasteiger partial charge on any atom is 0.254 e. The van der Waals surface area contributed by atoms with Gasteiger partial charge in [-0.1, -0.05) is 49.1 Å². The summed E-state index contributed by atoms with van der Waals surface area (Å²) in [7, 11) is 0. The predicted octanol–water partition coefficient (Wildman–Crippen LogP) is 5.81. The van der Waals surface area contributed by atoms with Crippen LogP contribution in [-0.4, -0.2) is 66.4 Å². The number of carbonyl (C=O) groups excluding carboxylic acids is 2. The Morgan fingerprint density at radius 3 is 2.48 bits per heavy atom. The number of nitrogens with zero attached hydrogens (tertiary/aromatic N) is 2. The molecule has 224 valence electrons. The summed E-state index contributed by atoms with van der Waals surface area (Å²) in [6, 6.07) is 11.8. The number of benzene rings is 2. The molecule has 3 heterocycles. The summed E-state index contributed by atoms with van der Waals surface area (Å²) in [5.41, 5.74) is 10.5. The lowest BCUT2D eigenvalue weighted by Gasteiger charge is -2.34. The van der Waals surface area contributed by atoms with Crippen LogP contribution in [0, 0.1) is 0 Å². The fourth-order valence-corrected chi connectivity index (χ4v) is 7.03. The smallest absolute Gasteiger partial charge is 0.254 e. The SMILES string of the molecule is NC1CCN(C(=O)c2ccc3c(c2C(=O)NC2CCN(C/C4=C/CCCCCCC4)CC2)Cc2ccccc2O3)CC1. The zero-order chi connectivity index (χ0) is 28.9. The summed E-state index contributed by atoms with van der Waals surface area (Å²) in [6.45, 7) is 4.25. The van der Waals surface area contributed by atoms with E-state index in [1.807, 2.05) is 35.2 Å². The van der Waals surface area contributed by atoms with Crippen LogP contribution in [0.5, 0.6) is 11.5 Å². The maximum absolute atomic E-state index is 14.1. The highest BCUT2D eigenvalue weighted by Gasteiger charge is 2.32. The largest absolute Gasteiger partial charge is 0.457 e. The van der Waals surface area contributed by atoms with Crippen molar-refractivity contribution in [2.45, 2.75) is 89.1 Å². The first kappa shape index (κ1) is 28.9. The standard InChI is InChI=1S/C35H46N4O3/c36-27-15-21-39(22-16-27)35(41)29-13-14-32-30(23-26-11-7-8-12-31(26)42-32)33(29)34(40)37-28-17-19-38(20-18-28)24-25-9-5-3-1-2-4-6-10-25/h7-9,11-14,27-28H,1-6,10,15-24,36H2,(H,37,40)/b25-9+. The molecule has 0 bridgehead atoms. The van der Waals surface area contributed by atoms with Crippen molar-refractivity contribution in [1.82, 2.24) is 15.1 Å². The quantitative estimate of drug-likeness (QED) is 0.378. The number of likely N-dealkylation sites (tertiary alicyclic amines) is 2. The van der Waals surface area contributed by atoms with E-state index in [2.05, 4.69) is 16.3 Å². The Hall–Kier alpha value is -3.16. The van der Waals surface area contributed by atoms with E-state index in [9.17, 15) is 9.59 Å². The third kappa shape index (κ3) is 6.73. The Morgan fingerprint density at radius 2 is 1.64 bits per heavy atom. The molecule has 7 nitrogen and oxygen atoms in total. The summed E-state index contributed by atoms with van der Waals surface area (Å²) in [6.07, 6.45) is 15.6. The first-order valence-electron chi connectivity index (χ1n) is 16.2. The first-order valence-corrected chi connectivity index (χ1v) is 16.2. The molecule has 7 heteroatoms. The number of nitrogens with two attached hydrogens (primary N) is 1. The normalized spacial score (nSPS) is 21.9. The van der Waals surface area contributed by atoms with Crippen LogP contribution >= 0.6 is 0 Å². The van der Waals surface area contributed by atoms with Gasteiger partial charge in [0.15, 0.2) is 0 Å². The summed E-state index contributed by atoms with van der Waals surface area (Å²) in [5.74, 6) is 1.22. The molecule has 42 heavy (non-hydrogen) atoms. The lowest BCUT2D eigenvalue weighted by Crippen LogP contribution is -2.46. The number of amides is 2. The van der Waals surface area contributed by atoms with E-state index < -0.39 is 0 Å². The molecule has 0 spiro atoms. The van der Waals surface area contributed by atoms with Crippen molar-refractivity contribution in [3.05, 3.63) is 70.3 Å². The number of para-hydroxylation sites is 1. The summed E-state index contributed by atoms with van der Waals surface area (Å²) < 4.78 is 6.23. The number of fused-ring (bicyclic) bond motifs is 2. The van der Waals surface area contributed by atoms with E-state index >= 15 is 0 Å². The summed E-state index contributed by atoms with van der Waals surface area (Å²) in [5, 5.41) is 3.34. The van der Waals surface area contributed by atoms with Crippen molar-refractivity contribution in [3.8, 4) is 11.5 Å². The minimum absolute atomic E-state index is 0.0897. The molecule has 0 aromatic heterocycles. The van der Waals surface area contributed by atoms with E-state index in [1.54, 1.807) is 11.6 Å². The molecule has 0 atom stereocenters. The highest BCUT2D eigenvalue weighted by atomic mass is 16.5. The molecule has 0 unspecified atom stereocenters. The predicted molar refractivity (Wildman–Crippen MR) is 166 cm³/mol.